The van der Waals surface area contributed by atoms with Gasteiger partial charge in [0, 0.05) is 24.0 Å². The Kier molecular flexibility index (Phi) is 6.18. The van der Waals surface area contributed by atoms with Crippen LogP contribution in [0.4, 0.5) is 0 Å². The summed E-state index contributed by atoms with van der Waals surface area (Å²) in [5.41, 5.74) is 0.569. The van der Waals surface area contributed by atoms with Gasteiger partial charge in [-0.05, 0) is 35.0 Å². The van der Waals surface area contributed by atoms with E-state index in [0.29, 0.717) is 12.2 Å². The van der Waals surface area contributed by atoms with Gasteiger partial charge in [0.25, 0.3) is 0 Å². The number of halogens is 1. The summed E-state index contributed by atoms with van der Waals surface area (Å²) >= 11 is 3.27. The predicted octanol–water partition coefficient (Wildman–Crippen LogP) is 2.62. The molecule has 0 unspecified atom stereocenters. The number of rotatable bonds is 2. The molecule has 0 aliphatic carbocycles. The average molecular weight is 294 g/mol. The second-order valence-corrected chi connectivity index (χ2v) is 3.05. The smallest absolute Gasteiger partial charge is 0.339 e. The summed E-state index contributed by atoms with van der Waals surface area (Å²) in [4.78, 5) is 11.2. The number of hydrogen-bond acceptors (Lipinski definition) is 2. The van der Waals surface area contributed by atoms with Gasteiger partial charge in [0.05, 0.1) is 12.2 Å². The molecule has 13 heavy (non-hydrogen) atoms. The molecular formula is C9H9BrO2Zn. The van der Waals surface area contributed by atoms with Crippen LogP contribution in [0.2, 0.25) is 0 Å². The third-order valence-corrected chi connectivity index (χ3v) is 2.06. The Morgan fingerprint density at radius 3 is 2.62 bits per heavy atom. The van der Waals surface area contributed by atoms with Gasteiger partial charge in [-0.25, -0.2) is 4.79 Å². The molecule has 1 aromatic rings. The van der Waals surface area contributed by atoms with Crippen molar-refractivity contribution in [1.82, 2.24) is 0 Å². The van der Waals surface area contributed by atoms with E-state index in [9.17, 15) is 4.79 Å². The van der Waals surface area contributed by atoms with Gasteiger partial charge in [0.2, 0.25) is 0 Å². The summed E-state index contributed by atoms with van der Waals surface area (Å²) in [6, 6.07) is 7.19. The topological polar surface area (TPSA) is 26.3 Å². The molecule has 0 fully saturated rings. The second-order valence-electron chi connectivity index (χ2n) is 2.20. The molecule has 0 spiro atoms. The van der Waals surface area contributed by atoms with E-state index in [1.54, 1.807) is 19.1 Å². The Balaban J connectivity index is 0.00000144. The minimum atomic E-state index is -0.287. The Morgan fingerprint density at radius 2 is 2.08 bits per heavy atom. The van der Waals surface area contributed by atoms with Gasteiger partial charge in [-0.1, -0.05) is 12.1 Å². The van der Waals surface area contributed by atoms with E-state index < -0.39 is 0 Å². The van der Waals surface area contributed by atoms with Crippen LogP contribution < -0.4 is 0 Å². The van der Waals surface area contributed by atoms with E-state index in [1.807, 2.05) is 12.1 Å². The Labute approximate surface area is 98.6 Å². The molecule has 2 nitrogen and oxygen atoms in total. The van der Waals surface area contributed by atoms with Crippen LogP contribution in [0, 0.1) is 0 Å². The van der Waals surface area contributed by atoms with Gasteiger partial charge in [-0.2, -0.15) is 0 Å². The summed E-state index contributed by atoms with van der Waals surface area (Å²) < 4.78 is 5.61. The first-order valence-corrected chi connectivity index (χ1v) is 4.46. The van der Waals surface area contributed by atoms with Crippen LogP contribution >= 0.6 is 15.9 Å². The molecule has 0 saturated carbocycles. The Bertz CT molecular complexity index is 289. The Morgan fingerprint density at radius 1 is 1.46 bits per heavy atom. The quantitative estimate of drug-likeness (QED) is 0.619. The number of benzene rings is 1. The fraction of sp³-hybridized carbons (Fsp3) is 0.222. The maximum Gasteiger partial charge on any atom is 0.339 e. The van der Waals surface area contributed by atoms with E-state index in [4.69, 9.17) is 4.74 Å². The van der Waals surface area contributed by atoms with Crippen molar-refractivity contribution in [3.63, 3.8) is 0 Å². The van der Waals surface area contributed by atoms with Crippen molar-refractivity contribution < 1.29 is 29.0 Å². The minimum absolute atomic E-state index is 0. The number of carbonyl (C=O) groups is 1. The van der Waals surface area contributed by atoms with Gasteiger partial charge >= 0.3 is 5.97 Å². The number of ether oxygens (including phenoxy) is 1. The zero-order valence-electron chi connectivity index (χ0n) is 7.42. The third kappa shape index (κ3) is 3.57. The summed E-state index contributed by atoms with van der Waals surface area (Å²) in [7, 11) is 0. The molecule has 0 atom stereocenters. The Hall–Kier alpha value is -0.207. The van der Waals surface area contributed by atoms with Crippen LogP contribution in [-0.2, 0) is 24.2 Å². The molecule has 66 valence electrons. The first-order chi connectivity index (χ1) is 5.75. The fourth-order valence-corrected chi connectivity index (χ4v) is 1.28. The van der Waals surface area contributed by atoms with E-state index in [1.165, 1.54) is 0 Å². The van der Waals surface area contributed by atoms with Gasteiger partial charge in [-0.3, -0.25) is 0 Å². The number of carbonyl (C=O) groups excluding carboxylic acids is 1. The molecule has 0 aromatic heterocycles. The van der Waals surface area contributed by atoms with Crippen LogP contribution in [0.1, 0.15) is 17.3 Å². The van der Waals surface area contributed by atoms with Crippen molar-refractivity contribution in [3.8, 4) is 0 Å². The summed E-state index contributed by atoms with van der Waals surface area (Å²) in [6.07, 6.45) is 0. The van der Waals surface area contributed by atoms with Crippen molar-refractivity contribution in [2.45, 2.75) is 6.92 Å². The predicted molar refractivity (Wildman–Crippen MR) is 50.1 cm³/mol. The monoisotopic (exact) mass is 292 g/mol. The second kappa shape index (κ2) is 6.28. The van der Waals surface area contributed by atoms with E-state index >= 15 is 0 Å². The van der Waals surface area contributed by atoms with Crippen molar-refractivity contribution in [2.24, 2.45) is 0 Å². The van der Waals surface area contributed by atoms with Crippen LogP contribution in [0.3, 0.4) is 0 Å². The molecule has 0 aliphatic heterocycles. The molecule has 0 radical (unpaired) electrons. The largest absolute Gasteiger partial charge is 0.462 e. The normalized spacial score (nSPS) is 8.77. The van der Waals surface area contributed by atoms with Crippen LogP contribution in [0.5, 0.6) is 0 Å². The summed E-state index contributed by atoms with van der Waals surface area (Å²) in [6.45, 7) is 2.19. The molecule has 0 aliphatic rings. The zero-order valence-corrected chi connectivity index (χ0v) is 12.0. The first kappa shape index (κ1) is 12.8. The van der Waals surface area contributed by atoms with Crippen LogP contribution in [-0.4, -0.2) is 12.6 Å². The van der Waals surface area contributed by atoms with Crippen LogP contribution in [0.25, 0.3) is 0 Å². The van der Waals surface area contributed by atoms with E-state index in [-0.39, 0.29) is 25.4 Å². The molecule has 1 rings (SSSR count). The standard InChI is InChI=1S/C9H9BrO2.Zn/c1-2-12-9(11)7-5-3-4-6-8(7)10;/h3-6H,2H2,1H3;. The van der Waals surface area contributed by atoms with Gasteiger partial charge in [0.15, 0.2) is 0 Å². The number of esters is 1. The first-order valence-electron chi connectivity index (χ1n) is 3.67. The van der Waals surface area contributed by atoms with Gasteiger partial charge in [0.1, 0.15) is 0 Å². The third-order valence-electron chi connectivity index (χ3n) is 1.37. The molecule has 1 aromatic carbocycles. The molecule has 4 heteroatoms. The molecule has 0 amide bonds. The molecular weight excluding hydrogens is 285 g/mol. The minimum Gasteiger partial charge on any atom is -0.462 e. The molecule has 0 N–H and O–H groups in total. The fourth-order valence-electron chi connectivity index (χ4n) is 0.836. The van der Waals surface area contributed by atoms with Gasteiger partial charge < -0.3 is 4.74 Å². The van der Waals surface area contributed by atoms with E-state index in [0.717, 1.165) is 4.47 Å². The van der Waals surface area contributed by atoms with Crippen molar-refractivity contribution >= 4 is 21.9 Å². The van der Waals surface area contributed by atoms with Crippen LogP contribution in [0.15, 0.2) is 28.7 Å². The maximum absolute atomic E-state index is 11.2. The molecule has 0 bridgehead atoms. The maximum atomic E-state index is 11.2. The van der Waals surface area contributed by atoms with Crippen molar-refractivity contribution in [1.29, 1.82) is 0 Å². The summed E-state index contributed by atoms with van der Waals surface area (Å²) in [5, 5.41) is 0. The summed E-state index contributed by atoms with van der Waals surface area (Å²) in [5.74, 6) is -0.287. The average Bonchev–Trinajstić information content (AvgIpc) is 2.05. The SMILES string of the molecule is CCOC(=O)c1ccccc1Br.[Zn]. The van der Waals surface area contributed by atoms with Crippen molar-refractivity contribution in [3.05, 3.63) is 34.3 Å². The zero-order chi connectivity index (χ0) is 8.97. The van der Waals surface area contributed by atoms with E-state index in [2.05, 4.69) is 15.9 Å². The van der Waals surface area contributed by atoms with Gasteiger partial charge in [-0.15, -0.1) is 0 Å². The molecule has 0 heterocycles. The number of hydrogen-bond donors (Lipinski definition) is 0. The molecule has 0 saturated heterocycles. The van der Waals surface area contributed by atoms with Crippen molar-refractivity contribution in [2.75, 3.05) is 6.61 Å².